The number of nitriles is 1. The normalized spacial score (nSPS) is 20.9. The number of piperazine rings is 2. The van der Waals surface area contributed by atoms with Gasteiger partial charge in [-0.15, -0.1) is 0 Å². The molecule has 0 aliphatic carbocycles. The second-order valence-corrected chi connectivity index (χ2v) is 5.26. The maximum absolute atomic E-state index is 12.2. The first-order valence-corrected chi connectivity index (χ1v) is 7.58. The maximum atomic E-state index is 12.2. The average molecular weight is 292 g/mol. The van der Waals surface area contributed by atoms with E-state index in [0.29, 0.717) is 13.1 Å². The van der Waals surface area contributed by atoms with Crippen LogP contribution >= 0.6 is 0 Å². The second-order valence-electron chi connectivity index (χ2n) is 5.26. The van der Waals surface area contributed by atoms with Gasteiger partial charge in [0.15, 0.2) is 0 Å². The molecule has 0 spiro atoms. The van der Waals surface area contributed by atoms with Crippen LogP contribution in [0.4, 0.5) is 0 Å². The third-order valence-electron chi connectivity index (χ3n) is 3.78. The molecule has 2 rings (SSSR count). The molecule has 1 amide bonds. The van der Waals surface area contributed by atoms with Crippen molar-refractivity contribution in [2.24, 2.45) is 0 Å². The molecule has 0 aromatic rings. The zero-order valence-corrected chi connectivity index (χ0v) is 12.4. The lowest BCUT2D eigenvalue weighted by atomic mass is 10.2. The highest BCUT2D eigenvalue weighted by Crippen LogP contribution is 2.02. The molecule has 0 bridgehead atoms. The number of nitrogens with zero attached hydrogens (tertiary/aromatic N) is 3. The third-order valence-corrected chi connectivity index (χ3v) is 3.78. The van der Waals surface area contributed by atoms with Gasteiger partial charge < -0.3 is 20.9 Å². The first kappa shape index (κ1) is 15.8. The van der Waals surface area contributed by atoms with E-state index in [4.69, 9.17) is 5.26 Å². The Hall–Kier alpha value is -1.62. The summed E-state index contributed by atoms with van der Waals surface area (Å²) in [6.07, 6.45) is 1.56. The summed E-state index contributed by atoms with van der Waals surface area (Å²) in [6, 6.07) is 2.00. The van der Waals surface area contributed by atoms with Crippen molar-refractivity contribution in [3.63, 3.8) is 0 Å². The molecule has 2 aliphatic heterocycles. The van der Waals surface area contributed by atoms with Crippen molar-refractivity contribution in [2.75, 3.05) is 65.4 Å². The standard InChI is InChI=1S/C14H24N6O/c15-11-13(14(21)20-9-4-17-5-10-20)12-18-3-8-19-6-1-16-2-7-19/h12,16-18H,1-10H2/b13-12-. The van der Waals surface area contributed by atoms with Crippen LogP contribution in [-0.2, 0) is 4.79 Å². The SMILES string of the molecule is N#C/C(=C/NCCN1CCNCC1)C(=O)N1CCNCC1. The highest BCUT2D eigenvalue weighted by Gasteiger charge is 2.19. The summed E-state index contributed by atoms with van der Waals surface area (Å²) in [6.45, 7) is 8.76. The number of hydrogen-bond acceptors (Lipinski definition) is 6. The van der Waals surface area contributed by atoms with Crippen molar-refractivity contribution in [2.45, 2.75) is 0 Å². The molecular weight excluding hydrogens is 268 g/mol. The summed E-state index contributed by atoms with van der Waals surface area (Å²) in [5, 5.41) is 18.7. The van der Waals surface area contributed by atoms with E-state index in [1.54, 1.807) is 11.1 Å². The van der Waals surface area contributed by atoms with E-state index < -0.39 is 0 Å². The molecule has 2 saturated heterocycles. The van der Waals surface area contributed by atoms with E-state index in [-0.39, 0.29) is 11.5 Å². The third kappa shape index (κ3) is 5.01. The van der Waals surface area contributed by atoms with Gasteiger partial charge in [0.1, 0.15) is 11.6 Å². The highest BCUT2D eigenvalue weighted by molar-refractivity contribution is 5.97. The van der Waals surface area contributed by atoms with Crippen molar-refractivity contribution < 1.29 is 4.79 Å². The van der Waals surface area contributed by atoms with Crippen molar-refractivity contribution >= 4 is 5.91 Å². The number of carbonyl (C=O) groups excluding carboxylic acids is 1. The van der Waals surface area contributed by atoms with Gasteiger partial charge in [0.25, 0.3) is 5.91 Å². The lowest BCUT2D eigenvalue weighted by Gasteiger charge is -2.27. The van der Waals surface area contributed by atoms with Crippen LogP contribution in [0.3, 0.4) is 0 Å². The van der Waals surface area contributed by atoms with E-state index in [2.05, 4.69) is 20.9 Å². The van der Waals surface area contributed by atoms with Gasteiger partial charge in [-0.25, -0.2) is 0 Å². The lowest BCUT2D eigenvalue weighted by molar-refractivity contribution is -0.127. The number of hydrogen-bond donors (Lipinski definition) is 3. The molecule has 2 aliphatic rings. The Morgan fingerprint density at radius 3 is 2.38 bits per heavy atom. The molecule has 0 aromatic carbocycles. The smallest absolute Gasteiger partial charge is 0.266 e. The Bertz CT molecular complexity index is 404. The van der Waals surface area contributed by atoms with Crippen LogP contribution in [0.2, 0.25) is 0 Å². The predicted molar refractivity (Wildman–Crippen MR) is 80.5 cm³/mol. The minimum absolute atomic E-state index is 0.173. The first-order chi connectivity index (χ1) is 10.3. The predicted octanol–water partition coefficient (Wildman–Crippen LogP) is -1.68. The van der Waals surface area contributed by atoms with E-state index in [1.807, 2.05) is 6.07 Å². The molecule has 116 valence electrons. The Labute approximate surface area is 126 Å². The van der Waals surface area contributed by atoms with Gasteiger partial charge >= 0.3 is 0 Å². The van der Waals surface area contributed by atoms with Gasteiger partial charge in [-0.05, 0) is 0 Å². The van der Waals surface area contributed by atoms with Crippen molar-refractivity contribution in [3.05, 3.63) is 11.8 Å². The Morgan fingerprint density at radius 1 is 1.14 bits per heavy atom. The van der Waals surface area contributed by atoms with Gasteiger partial charge in [-0.1, -0.05) is 0 Å². The quantitative estimate of drug-likeness (QED) is 0.319. The summed E-state index contributed by atoms with van der Waals surface area (Å²) in [5.74, 6) is -0.173. The lowest BCUT2D eigenvalue weighted by Crippen LogP contribution is -2.47. The van der Waals surface area contributed by atoms with E-state index >= 15 is 0 Å². The zero-order valence-electron chi connectivity index (χ0n) is 12.4. The summed E-state index contributed by atoms with van der Waals surface area (Å²) in [5.41, 5.74) is 0.192. The zero-order chi connectivity index (χ0) is 14.9. The molecule has 21 heavy (non-hydrogen) atoms. The molecule has 0 unspecified atom stereocenters. The number of carbonyl (C=O) groups is 1. The van der Waals surface area contributed by atoms with Gasteiger partial charge in [-0.2, -0.15) is 5.26 Å². The van der Waals surface area contributed by atoms with Crippen molar-refractivity contribution in [1.29, 1.82) is 5.26 Å². The topological polar surface area (TPSA) is 83.4 Å². The van der Waals surface area contributed by atoms with Gasteiger partial charge in [0.2, 0.25) is 0 Å². The largest absolute Gasteiger partial charge is 0.388 e. The molecule has 7 nitrogen and oxygen atoms in total. The summed E-state index contributed by atoms with van der Waals surface area (Å²) < 4.78 is 0. The van der Waals surface area contributed by atoms with Gasteiger partial charge in [0, 0.05) is 71.6 Å². The molecular formula is C14H24N6O. The molecule has 0 atom stereocenters. The molecule has 7 heteroatoms. The summed E-state index contributed by atoms with van der Waals surface area (Å²) in [7, 11) is 0. The minimum atomic E-state index is -0.173. The molecule has 0 saturated carbocycles. The number of amides is 1. The monoisotopic (exact) mass is 292 g/mol. The van der Waals surface area contributed by atoms with E-state index in [0.717, 1.165) is 52.4 Å². The Morgan fingerprint density at radius 2 is 1.76 bits per heavy atom. The van der Waals surface area contributed by atoms with Crippen LogP contribution in [0, 0.1) is 11.3 Å². The number of rotatable bonds is 5. The Kier molecular flexibility index (Phi) is 6.47. The summed E-state index contributed by atoms with van der Waals surface area (Å²) in [4.78, 5) is 16.3. The molecule has 0 radical (unpaired) electrons. The van der Waals surface area contributed by atoms with Crippen LogP contribution in [-0.4, -0.2) is 81.2 Å². The fourth-order valence-corrected chi connectivity index (χ4v) is 2.51. The van der Waals surface area contributed by atoms with Crippen LogP contribution in [0.5, 0.6) is 0 Å². The molecule has 0 aromatic heterocycles. The highest BCUT2D eigenvalue weighted by atomic mass is 16.2. The van der Waals surface area contributed by atoms with Gasteiger partial charge in [0.05, 0.1) is 0 Å². The fourth-order valence-electron chi connectivity index (χ4n) is 2.51. The van der Waals surface area contributed by atoms with Crippen LogP contribution in [0.15, 0.2) is 11.8 Å². The van der Waals surface area contributed by atoms with Crippen molar-refractivity contribution in [1.82, 2.24) is 25.8 Å². The Balaban J connectivity index is 1.74. The minimum Gasteiger partial charge on any atom is -0.388 e. The molecule has 2 fully saturated rings. The van der Waals surface area contributed by atoms with Crippen molar-refractivity contribution in [3.8, 4) is 6.07 Å². The van der Waals surface area contributed by atoms with Gasteiger partial charge in [-0.3, -0.25) is 9.69 Å². The van der Waals surface area contributed by atoms with Crippen LogP contribution in [0.25, 0.3) is 0 Å². The second kappa shape index (κ2) is 8.62. The fraction of sp³-hybridized carbons (Fsp3) is 0.714. The molecule has 3 N–H and O–H groups in total. The summed E-state index contributed by atoms with van der Waals surface area (Å²) >= 11 is 0. The van der Waals surface area contributed by atoms with Crippen LogP contribution < -0.4 is 16.0 Å². The average Bonchev–Trinajstić information content (AvgIpc) is 2.56. The molecule has 2 heterocycles. The number of nitrogens with one attached hydrogen (secondary N) is 3. The van der Waals surface area contributed by atoms with Crippen LogP contribution in [0.1, 0.15) is 0 Å². The maximum Gasteiger partial charge on any atom is 0.266 e. The first-order valence-electron chi connectivity index (χ1n) is 7.58. The van der Waals surface area contributed by atoms with E-state index in [1.165, 1.54) is 0 Å². The van der Waals surface area contributed by atoms with E-state index in [9.17, 15) is 4.79 Å².